The summed E-state index contributed by atoms with van der Waals surface area (Å²) in [5, 5.41) is 19.8. The first-order valence-electron chi connectivity index (χ1n) is 11.4. The number of aromatic nitrogens is 4. The highest BCUT2D eigenvalue weighted by atomic mass is 19.3. The largest absolute Gasteiger partial charge is 0.487 e. The first-order chi connectivity index (χ1) is 17.2. The molecule has 1 fully saturated rings. The van der Waals surface area contributed by atoms with Crippen molar-refractivity contribution >= 4 is 11.7 Å². The zero-order valence-electron chi connectivity index (χ0n) is 19.5. The van der Waals surface area contributed by atoms with Gasteiger partial charge >= 0.3 is 0 Å². The van der Waals surface area contributed by atoms with Gasteiger partial charge in [0.25, 0.3) is 11.8 Å². The second-order valence-electron chi connectivity index (χ2n) is 9.14. The molecule has 1 atom stereocenters. The molecule has 3 aromatic rings. The van der Waals surface area contributed by atoms with Gasteiger partial charge in [0.2, 0.25) is 5.82 Å². The standard InChI is InChI=1S/C25H24F2N6O3/c1-33-12-18(29-23(34)21-30-20(31-32-21)11-16-5-3-2-4-6-16)13-36-19-8-7-17(28-22(19)33)9-10-24(35)14-25(26,27)15-24/h2-8,18,35H,11-15H2,1H3,(H,29,34)(H,30,31,32)/t18-/m1/s1. The number of hydrogen-bond donors (Lipinski definition) is 3. The quantitative estimate of drug-likeness (QED) is 0.475. The summed E-state index contributed by atoms with van der Waals surface area (Å²) >= 11 is 0. The predicted molar refractivity (Wildman–Crippen MR) is 126 cm³/mol. The summed E-state index contributed by atoms with van der Waals surface area (Å²) in [6.07, 6.45) is -0.829. The molecule has 2 aromatic heterocycles. The minimum atomic E-state index is -2.88. The molecular formula is C25H24F2N6O3. The second-order valence-corrected chi connectivity index (χ2v) is 9.14. The van der Waals surface area contributed by atoms with Gasteiger partial charge in [-0.15, -0.1) is 5.10 Å². The summed E-state index contributed by atoms with van der Waals surface area (Å²) in [4.78, 5) is 23.3. The Morgan fingerprint density at radius 2 is 2.03 bits per heavy atom. The summed E-state index contributed by atoms with van der Waals surface area (Å²) in [7, 11) is 1.79. The van der Waals surface area contributed by atoms with E-state index in [0.717, 1.165) is 5.56 Å². The molecule has 11 heteroatoms. The summed E-state index contributed by atoms with van der Waals surface area (Å²) in [6, 6.07) is 12.6. The molecule has 0 spiro atoms. The number of H-pyrrole nitrogens is 1. The Kier molecular flexibility index (Phi) is 6.05. The lowest BCUT2D eigenvalue weighted by molar-refractivity contribution is -0.176. The fraction of sp³-hybridized carbons (Fsp3) is 0.360. The topological polar surface area (TPSA) is 116 Å². The van der Waals surface area contributed by atoms with E-state index in [0.29, 0.717) is 36.1 Å². The molecule has 3 heterocycles. The highest BCUT2D eigenvalue weighted by Gasteiger charge is 2.55. The number of aliphatic hydroxyl groups is 1. The zero-order valence-corrected chi connectivity index (χ0v) is 19.5. The van der Waals surface area contributed by atoms with Crippen LogP contribution in [0.15, 0.2) is 42.5 Å². The molecule has 1 amide bonds. The molecule has 0 unspecified atom stereocenters. The Balaban J connectivity index is 1.22. The second kappa shape index (κ2) is 9.20. The number of likely N-dealkylation sites (N-methyl/N-ethyl adjacent to an activating group) is 1. The number of amides is 1. The molecule has 1 aromatic carbocycles. The third kappa shape index (κ3) is 5.28. The Hall–Kier alpha value is -4.04. The first kappa shape index (κ1) is 23.7. The maximum absolute atomic E-state index is 13.1. The number of carbonyl (C=O) groups excluding carboxylic acids is 1. The molecule has 1 aliphatic carbocycles. The van der Waals surface area contributed by atoms with Crippen molar-refractivity contribution in [2.24, 2.45) is 0 Å². The van der Waals surface area contributed by atoms with Crippen LogP contribution in [0.5, 0.6) is 5.75 Å². The van der Waals surface area contributed by atoms with E-state index in [1.807, 2.05) is 35.2 Å². The average Bonchev–Trinajstić information content (AvgIpc) is 3.23. The van der Waals surface area contributed by atoms with E-state index in [1.165, 1.54) is 0 Å². The van der Waals surface area contributed by atoms with Gasteiger partial charge in [0.05, 0.1) is 18.9 Å². The molecule has 1 saturated carbocycles. The lowest BCUT2D eigenvalue weighted by atomic mass is 9.77. The average molecular weight is 495 g/mol. The SMILES string of the molecule is CN1C[C@@H](NC(=O)c2n[nH]c(Cc3ccccc3)n2)COc2ccc(C#CC3(O)CC(F)(F)C3)nc21. The fourth-order valence-electron chi connectivity index (χ4n) is 4.23. The van der Waals surface area contributed by atoms with Crippen LogP contribution in [-0.2, 0) is 6.42 Å². The molecule has 5 rings (SSSR count). The maximum atomic E-state index is 13.1. The van der Waals surface area contributed by atoms with E-state index in [-0.39, 0.29) is 18.5 Å². The van der Waals surface area contributed by atoms with Crippen LogP contribution in [0, 0.1) is 11.8 Å². The maximum Gasteiger partial charge on any atom is 0.291 e. The number of halogens is 2. The van der Waals surface area contributed by atoms with E-state index in [1.54, 1.807) is 19.2 Å². The van der Waals surface area contributed by atoms with Crippen molar-refractivity contribution in [1.29, 1.82) is 0 Å². The van der Waals surface area contributed by atoms with Crippen molar-refractivity contribution in [3.05, 3.63) is 65.4 Å². The van der Waals surface area contributed by atoms with E-state index in [2.05, 4.69) is 37.3 Å². The van der Waals surface area contributed by atoms with Crippen LogP contribution in [0.1, 0.15) is 40.5 Å². The van der Waals surface area contributed by atoms with Gasteiger partial charge in [0.1, 0.15) is 23.7 Å². The lowest BCUT2D eigenvalue weighted by Gasteiger charge is -2.39. The smallest absolute Gasteiger partial charge is 0.291 e. The van der Waals surface area contributed by atoms with Crippen molar-refractivity contribution < 1.29 is 23.4 Å². The molecule has 0 bridgehead atoms. The van der Waals surface area contributed by atoms with Crippen molar-refractivity contribution in [2.75, 3.05) is 25.1 Å². The number of alkyl halides is 2. The molecule has 1 aliphatic heterocycles. The monoisotopic (exact) mass is 494 g/mol. The Morgan fingerprint density at radius 1 is 1.25 bits per heavy atom. The first-order valence-corrected chi connectivity index (χ1v) is 11.4. The van der Waals surface area contributed by atoms with Crippen molar-refractivity contribution in [2.45, 2.75) is 36.8 Å². The van der Waals surface area contributed by atoms with Crippen LogP contribution >= 0.6 is 0 Å². The van der Waals surface area contributed by atoms with E-state index < -0.39 is 30.3 Å². The number of benzene rings is 1. The van der Waals surface area contributed by atoms with Gasteiger partial charge in [0, 0.05) is 20.0 Å². The zero-order chi connectivity index (χ0) is 25.3. The Morgan fingerprint density at radius 3 is 2.78 bits per heavy atom. The summed E-state index contributed by atoms with van der Waals surface area (Å²) in [5.41, 5.74) is -0.327. The minimum Gasteiger partial charge on any atom is -0.487 e. The highest BCUT2D eigenvalue weighted by Crippen LogP contribution is 2.45. The third-order valence-corrected chi connectivity index (χ3v) is 5.94. The van der Waals surface area contributed by atoms with Crippen LogP contribution < -0.4 is 15.0 Å². The van der Waals surface area contributed by atoms with Crippen LogP contribution in [-0.4, -0.2) is 68.9 Å². The Bertz CT molecular complexity index is 1330. The third-order valence-electron chi connectivity index (χ3n) is 5.94. The molecule has 9 nitrogen and oxygen atoms in total. The van der Waals surface area contributed by atoms with Crippen molar-refractivity contribution in [3.8, 4) is 17.6 Å². The molecular weight excluding hydrogens is 470 g/mol. The lowest BCUT2D eigenvalue weighted by Crippen LogP contribution is -2.50. The van der Waals surface area contributed by atoms with Gasteiger partial charge in [-0.2, -0.15) is 0 Å². The number of rotatable bonds is 4. The summed E-state index contributed by atoms with van der Waals surface area (Å²) in [5.74, 6) is 3.50. The van der Waals surface area contributed by atoms with Crippen LogP contribution in [0.3, 0.4) is 0 Å². The predicted octanol–water partition coefficient (Wildman–Crippen LogP) is 1.93. The van der Waals surface area contributed by atoms with Crippen LogP contribution in [0.2, 0.25) is 0 Å². The van der Waals surface area contributed by atoms with E-state index in [9.17, 15) is 18.7 Å². The number of fused-ring (bicyclic) bond motifs is 1. The van der Waals surface area contributed by atoms with Gasteiger partial charge in [0.15, 0.2) is 11.6 Å². The number of anilines is 1. The van der Waals surface area contributed by atoms with Gasteiger partial charge in [-0.25, -0.2) is 18.7 Å². The van der Waals surface area contributed by atoms with Crippen molar-refractivity contribution in [1.82, 2.24) is 25.5 Å². The fourth-order valence-corrected chi connectivity index (χ4v) is 4.23. The number of nitrogens with one attached hydrogen (secondary N) is 2. The van der Waals surface area contributed by atoms with Gasteiger partial charge in [-0.1, -0.05) is 36.3 Å². The van der Waals surface area contributed by atoms with Crippen LogP contribution in [0.4, 0.5) is 14.6 Å². The molecule has 2 aliphatic rings. The number of ether oxygens (including phenoxy) is 1. The molecule has 36 heavy (non-hydrogen) atoms. The minimum absolute atomic E-state index is 0.0422. The number of hydrogen-bond acceptors (Lipinski definition) is 7. The summed E-state index contributed by atoms with van der Waals surface area (Å²) < 4.78 is 32.0. The Labute approximate surface area is 205 Å². The van der Waals surface area contributed by atoms with Crippen molar-refractivity contribution in [3.63, 3.8) is 0 Å². The molecule has 186 valence electrons. The summed E-state index contributed by atoms with van der Waals surface area (Å²) in [6.45, 7) is 0.589. The highest BCUT2D eigenvalue weighted by molar-refractivity contribution is 5.90. The number of nitrogens with zero attached hydrogens (tertiary/aromatic N) is 4. The number of carbonyl (C=O) groups is 1. The molecule has 0 radical (unpaired) electrons. The molecule has 0 saturated heterocycles. The number of pyridine rings is 1. The van der Waals surface area contributed by atoms with E-state index >= 15 is 0 Å². The van der Waals surface area contributed by atoms with Gasteiger partial charge in [-0.05, 0) is 23.6 Å². The normalized spacial score (nSPS) is 19.6. The van der Waals surface area contributed by atoms with Crippen LogP contribution in [0.25, 0.3) is 0 Å². The molecule has 3 N–H and O–H groups in total. The van der Waals surface area contributed by atoms with E-state index in [4.69, 9.17) is 4.74 Å². The van der Waals surface area contributed by atoms with Gasteiger partial charge in [-0.3, -0.25) is 9.89 Å². The van der Waals surface area contributed by atoms with Gasteiger partial charge < -0.3 is 20.1 Å². The number of aromatic amines is 1.